The van der Waals surface area contributed by atoms with Crippen LogP contribution in [0.15, 0.2) is 66.1 Å². The maximum atomic E-state index is 14.9. The Morgan fingerprint density at radius 2 is 1.78 bits per heavy atom. The van der Waals surface area contributed by atoms with Gasteiger partial charge in [0.25, 0.3) is 0 Å². The Hall–Kier alpha value is -2.97. The van der Waals surface area contributed by atoms with Gasteiger partial charge in [-0.1, -0.05) is 6.07 Å². The molecule has 0 bridgehead atoms. The summed E-state index contributed by atoms with van der Waals surface area (Å²) in [6.07, 6.45) is 7.17. The quantitative estimate of drug-likeness (QED) is 0.452. The van der Waals surface area contributed by atoms with E-state index < -0.39 is 11.6 Å². The zero-order chi connectivity index (χ0) is 21.9. The summed E-state index contributed by atoms with van der Waals surface area (Å²) in [6, 6.07) is 10.6. The lowest BCUT2D eigenvalue weighted by Gasteiger charge is -2.60. The SMILES string of the molecule is CN1CC2(C1)CN(c1c(F)cc(Sn3ccc4c(-c5ccccn5)cncc43)cc1F)C2. The lowest BCUT2D eigenvalue weighted by atomic mass is 9.73. The molecule has 2 fully saturated rings. The summed E-state index contributed by atoms with van der Waals surface area (Å²) in [5, 5.41) is 0.986. The predicted octanol–water partition coefficient (Wildman–Crippen LogP) is 4.68. The van der Waals surface area contributed by atoms with E-state index in [1.54, 1.807) is 18.6 Å². The van der Waals surface area contributed by atoms with Gasteiger partial charge in [0.1, 0.15) is 5.69 Å². The van der Waals surface area contributed by atoms with E-state index in [1.807, 2.05) is 39.3 Å². The first-order valence-electron chi connectivity index (χ1n) is 10.5. The first-order chi connectivity index (χ1) is 15.5. The summed E-state index contributed by atoms with van der Waals surface area (Å²) in [4.78, 5) is 13.3. The molecular weight excluding hydrogens is 428 g/mol. The van der Waals surface area contributed by atoms with Crippen molar-refractivity contribution in [2.45, 2.75) is 4.90 Å². The maximum Gasteiger partial charge on any atom is 0.150 e. The third-order valence-electron chi connectivity index (χ3n) is 6.30. The minimum atomic E-state index is -0.515. The number of pyridine rings is 2. The standard InChI is InChI=1S/C24H21F2N5S/c1-29-12-24(13-29)14-30(15-24)23-19(25)8-16(9-20(23)26)32-31-7-5-17-18(10-27-11-22(17)31)21-4-2-3-6-28-21/h2-11H,12-15H2,1H3. The Labute approximate surface area is 188 Å². The van der Waals surface area contributed by atoms with E-state index >= 15 is 0 Å². The fraction of sp³-hybridized carbons (Fsp3) is 0.250. The van der Waals surface area contributed by atoms with E-state index in [0.717, 1.165) is 35.2 Å². The highest BCUT2D eigenvalue weighted by Gasteiger charge is 2.51. The number of benzene rings is 1. The van der Waals surface area contributed by atoms with Crippen LogP contribution in [0.2, 0.25) is 0 Å². The van der Waals surface area contributed by atoms with Crippen LogP contribution in [0.5, 0.6) is 0 Å². The molecule has 2 saturated heterocycles. The molecule has 162 valence electrons. The zero-order valence-corrected chi connectivity index (χ0v) is 18.3. The molecule has 0 unspecified atom stereocenters. The topological polar surface area (TPSA) is 37.2 Å². The third-order valence-corrected chi connectivity index (χ3v) is 7.26. The molecule has 32 heavy (non-hydrogen) atoms. The smallest absolute Gasteiger partial charge is 0.150 e. The van der Waals surface area contributed by atoms with Gasteiger partial charge in [0, 0.05) is 66.0 Å². The number of rotatable bonds is 4. The Bertz CT molecular complexity index is 1290. The van der Waals surface area contributed by atoms with Crippen LogP contribution in [0, 0.1) is 17.0 Å². The minimum Gasteiger partial charge on any atom is -0.365 e. The molecule has 2 aliphatic heterocycles. The summed E-state index contributed by atoms with van der Waals surface area (Å²) >= 11 is 1.27. The maximum absolute atomic E-state index is 14.9. The number of likely N-dealkylation sites (tertiary alicyclic amines) is 1. The summed E-state index contributed by atoms with van der Waals surface area (Å²) < 4.78 is 31.7. The molecule has 4 aromatic rings. The van der Waals surface area contributed by atoms with Crippen molar-refractivity contribution in [3.63, 3.8) is 0 Å². The van der Waals surface area contributed by atoms with Gasteiger partial charge in [0.05, 0.1) is 17.4 Å². The van der Waals surface area contributed by atoms with Gasteiger partial charge in [-0.05, 0) is 49.3 Å². The molecule has 2 aliphatic rings. The lowest BCUT2D eigenvalue weighted by molar-refractivity contribution is -0.00305. The fourth-order valence-electron chi connectivity index (χ4n) is 5.07. The van der Waals surface area contributed by atoms with E-state index in [0.29, 0.717) is 18.0 Å². The highest BCUT2D eigenvalue weighted by molar-refractivity contribution is 7.98. The zero-order valence-electron chi connectivity index (χ0n) is 17.5. The second-order valence-corrected chi connectivity index (χ2v) is 9.88. The Kier molecular flexibility index (Phi) is 4.48. The van der Waals surface area contributed by atoms with Crippen LogP contribution in [0.3, 0.4) is 0 Å². The molecule has 0 radical (unpaired) electrons. The molecule has 0 N–H and O–H groups in total. The molecule has 0 amide bonds. The number of nitrogens with zero attached hydrogens (tertiary/aromatic N) is 5. The van der Waals surface area contributed by atoms with Crippen molar-refractivity contribution < 1.29 is 8.78 Å². The van der Waals surface area contributed by atoms with Crippen LogP contribution in [-0.2, 0) is 0 Å². The second-order valence-electron chi connectivity index (χ2n) is 8.83. The molecule has 0 aliphatic carbocycles. The molecule has 0 saturated carbocycles. The molecule has 0 atom stereocenters. The van der Waals surface area contributed by atoms with Gasteiger partial charge in [-0.2, -0.15) is 0 Å². The van der Waals surface area contributed by atoms with Crippen LogP contribution >= 0.6 is 11.9 Å². The van der Waals surface area contributed by atoms with Crippen LogP contribution in [-0.4, -0.2) is 52.1 Å². The van der Waals surface area contributed by atoms with Gasteiger partial charge in [-0.3, -0.25) is 13.9 Å². The van der Waals surface area contributed by atoms with Crippen molar-refractivity contribution in [1.82, 2.24) is 18.8 Å². The minimum absolute atomic E-state index is 0.0889. The van der Waals surface area contributed by atoms with Gasteiger partial charge in [0.15, 0.2) is 11.6 Å². The van der Waals surface area contributed by atoms with Gasteiger partial charge in [-0.15, -0.1) is 0 Å². The molecule has 6 rings (SSSR count). The van der Waals surface area contributed by atoms with Crippen molar-refractivity contribution in [1.29, 1.82) is 0 Å². The second kappa shape index (κ2) is 7.28. The van der Waals surface area contributed by atoms with Crippen molar-refractivity contribution in [3.8, 4) is 11.3 Å². The number of anilines is 1. The first kappa shape index (κ1) is 19.7. The van der Waals surface area contributed by atoms with Crippen LogP contribution in [0.4, 0.5) is 14.5 Å². The number of fused-ring (bicyclic) bond motifs is 1. The Balaban J connectivity index is 1.27. The Morgan fingerprint density at radius 1 is 1.00 bits per heavy atom. The number of halogens is 2. The lowest BCUT2D eigenvalue weighted by Crippen LogP contribution is -2.71. The van der Waals surface area contributed by atoms with Gasteiger partial charge < -0.3 is 9.80 Å². The molecular formula is C24H21F2N5S. The van der Waals surface area contributed by atoms with Gasteiger partial charge >= 0.3 is 0 Å². The molecule has 3 aromatic heterocycles. The van der Waals surface area contributed by atoms with E-state index in [9.17, 15) is 8.78 Å². The number of aromatic nitrogens is 3. The normalized spacial score (nSPS) is 17.5. The van der Waals surface area contributed by atoms with Crippen molar-refractivity contribution in [2.75, 3.05) is 38.1 Å². The average Bonchev–Trinajstić information content (AvgIpc) is 3.14. The molecule has 8 heteroatoms. The van der Waals surface area contributed by atoms with E-state index in [4.69, 9.17) is 0 Å². The molecule has 5 heterocycles. The highest BCUT2D eigenvalue weighted by atomic mass is 32.2. The summed E-state index contributed by atoms with van der Waals surface area (Å²) in [5.41, 5.74) is 2.92. The van der Waals surface area contributed by atoms with E-state index in [2.05, 4.69) is 21.9 Å². The van der Waals surface area contributed by atoms with Crippen LogP contribution in [0.1, 0.15) is 0 Å². The van der Waals surface area contributed by atoms with Gasteiger partial charge in [0.2, 0.25) is 0 Å². The van der Waals surface area contributed by atoms with E-state index in [1.165, 1.54) is 24.1 Å². The fourth-order valence-corrected chi connectivity index (χ4v) is 5.97. The highest BCUT2D eigenvalue weighted by Crippen LogP contribution is 2.43. The van der Waals surface area contributed by atoms with Crippen LogP contribution in [0.25, 0.3) is 22.2 Å². The predicted molar refractivity (Wildman–Crippen MR) is 123 cm³/mol. The third kappa shape index (κ3) is 3.17. The average molecular weight is 450 g/mol. The number of hydrogen-bond donors (Lipinski definition) is 0. The molecule has 1 spiro atoms. The summed E-state index contributed by atoms with van der Waals surface area (Å²) in [5.74, 6) is -1.03. The summed E-state index contributed by atoms with van der Waals surface area (Å²) in [6.45, 7) is 3.41. The van der Waals surface area contributed by atoms with Crippen LogP contribution < -0.4 is 4.90 Å². The molecule has 1 aromatic carbocycles. The molecule has 5 nitrogen and oxygen atoms in total. The number of hydrogen-bond acceptors (Lipinski definition) is 5. The van der Waals surface area contributed by atoms with Crippen molar-refractivity contribution >= 4 is 28.5 Å². The summed E-state index contributed by atoms with van der Waals surface area (Å²) in [7, 11) is 2.07. The first-order valence-corrected chi connectivity index (χ1v) is 11.3. The Morgan fingerprint density at radius 3 is 2.47 bits per heavy atom. The van der Waals surface area contributed by atoms with Gasteiger partial charge in [-0.25, -0.2) is 8.78 Å². The van der Waals surface area contributed by atoms with Crippen molar-refractivity contribution in [3.05, 3.63) is 72.8 Å². The van der Waals surface area contributed by atoms with E-state index in [-0.39, 0.29) is 11.1 Å². The van der Waals surface area contributed by atoms with Crippen molar-refractivity contribution in [2.24, 2.45) is 5.41 Å². The monoisotopic (exact) mass is 449 g/mol. The largest absolute Gasteiger partial charge is 0.365 e.